The molecule has 1 fully saturated rings. The highest BCUT2D eigenvalue weighted by Gasteiger charge is 2.30. The molecular weight excluding hydrogens is 234 g/mol. The molecule has 3 heteroatoms. The van der Waals surface area contributed by atoms with E-state index in [-0.39, 0.29) is 11.4 Å². The molecule has 0 atom stereocenters. The highest BCUT2D eigenvalue weighted by atomic mass is 35.5. The van der Waals surface area contributed by atoms with Gasteiger partial charge in [0.2, 0.25) is 0 Å². The molecule has 1 aromatic rings. The summed E-state index contributed by atoms with van der Waals surface area (Å²) in [7, 11) is 0. The molecule has 17 heavy (non-hydrogen) atoms. The zero-order valence-electron chi connectivity index (χ0n) is 10.1. The van der Waals surface area contributed by atoms with Gasteiger partial charge in [0.15, 0.2) is 0 Å². The Morgan fingerprint density at radius 3 is 2.76 bits per heavy atom. The fraction of sp³-hybridized carbons (Fsp3) is 0.500. The van der Waals surface area contributed by atoms with Crippen LogP contribution in [0.2, 0.25) is 0 Å². The van der Waals surface area contributed by atoms with Crippen molar-refractivity contribution < 1.29 is 4.79 Å². The van der Waals surface area contributed by atoms with Gasteiger partial charge in [-0.15, -0.1) is 11.6 Å². The largest absolute Gasteiger partial charge is 0.347 e. The van der Waals surface area contributed by atoms with E-state index in [0.29, 0.717) is 11.4 Å². The summed E-state index contributed by atoms with van der Waals surface area (Å²) in [4.78, 5) is 12.1. The number of benzene rings is 1. The topological polar surface area (TPSA) is 29.1 Å². The molecule has 0 spiro atoms. The Balaban J connectivity index is 2.08. The summed E-state index contributed by atoms with van der Waals surface area (Å²) in [6.45, 7) is 2.13. The maximum atomic E-state index is 12.1. The van der Waals surface area contributed by atoms with Crippen molar-refractivity contribution in [2.24, 2.45) is 0 Å². The number of amides is 1. The predicted molar refractivity (Wildman–Crippen MR) is 70.3 cm³/mol. The predicted octanol–water partition coefficient (Wildman–Crippen LogP) is 3.49. The van der Waals surface area contributed by atoms with Crippen molar-refractivity contribution in [3.8, 4) is 0 Å². The van der Waals surface area contributed by atoms with Gasteiger partial charge in [-0.2, -0.15) is 0 Å². The Labute approximate surface area is 107 Å². The van der Waals surface area contributed by atoms with Gasteiger partial charge in [0.05, 0.1) is 0 Å². The SMILES string of the molecule is CC1(NC(=O)c2cccc(CCl)c2)CCCC1. The number of halogens is 1. The normalized spacial score (nSPS) is 18.0. The first-order valence-electron chi connectivity index (χ1n) is 6.10. The third-order valence-electron chi connectivity index (χ3n) is 3.47. The zero-order chi connectivity index (χ0) is 12.3. The van der Waals surface area contributed by atoms with Crippen LogP contribution >= 0.6 is 11.6 Å². The molecule has 0 heterocycles. The maximum absolute atomic E-state index is 12.1. The smallest absolute Gasteiger partial charge is 0.251 e. The summed E-state index contributed by atoms with van der Waals surface area (Å²) in [5.74, 6) is 0.458. The van der Waals surface area contributed by atoms with Crippen LogP contribution < -0.4 is 5.32 Å². The maximum Gasteiger partial charge on any atom is 0.251 e. The molecular formula is C14H18ClNO. The van der Waals surface area contributed by atoms with E-state index in [1.165, 1.54) is 12.8 Å². The quantitative estimate of drug-likeness (QED) is 0.819. The Kier molecular flexibility index (Phi) is 3.72. The number of rotatable bonds is 3. The first-order chi connectivity index (χ1) is 8.13. The Morgan fingerprint density at radius 1 is 1.41 bits per heavy atom. The van der Waals surface area contributed by atoms with Crippen molar-refractivity contribution in [2.75, 3.05) is 0 Å². The molecule has 0 aromatic heterocycles. The molecule has 1 aliphatic carbocycles. The van der Waals surface area contributed by atoms with E-state index in [0.717, 1.165) is 18.4 Å². The van der Waals surface area contributed by atoms with Gasteiger partial charge < -0.3 is 5.32 Å². The lowest BCUT2D eigenvalue weighted by molar-refractivity contribution is 0.0908. The molecule has 0 radical (unpaired) electrons. The van der Waals surface area contributed by atoms with E-state index in [4.69, 9.17) is 11.6 Å². The van der Waals surface area contributed by atoms with Crippen molar-refractivity contribution in [3.05, 3.63) is 35.4 Å². The van der Waals surface area contributed by atoms with Crippen LogP contribution in [-0.4, -0.2) is 11.4 Å². The monoisotopic (exact) mass is 251 g/mol. The van der Waals surface area contributed by atoms with Crippen LogP contribution in [-0.2, 0) is 5.88 Å². The lowest BCUT2D eigenvalue weighted by atomic mass is 10.00. The van der Waals surface area contributed by atoms with E-state index in [9.17, 15) is 4.79 Å². The molecule has 1 aromatic carbocycles. The fourth-order valence-corrected chi connectivity index (χ4v) is 2.59. The highest BCUT2D eigenvalue weighted by Crippen LogP contribution is 2.29. The molecule has 92 valence electrons. The summed E-state index contributed by atoms with van der Waals surface area (Å²) in [6.07, 6.45) is 4.57. The minimum atomic E-state index is -0.0198. The van der Waals surface area contributed by atoms with E-state index < -0.39 is 0 Å². The minimum Gasteiger partial charge on any atom is -0.347 e. The van der Waals surface area contributed by atoms with Gasteiger partial charge in [0, 0.05) is 17.0 Å². The van der Waals surface area contributed by atoms with Gasteiger partial charge in [-0.3, -0.25) is 4.79 Å². The third-order valence-corrected chi connectivity index (χ3v) is 3.77. The first-order valence-corrected chi connectivity index (χ1v) is 6.64. The Morgan fingerprint density at radius 2 is 2.12 bits per heavy atom. The number of hydrogen-bond donors (Lipinski definition) is 1. The zero-order valence-corrected chi connectivity index (χ0v) is 10.9. The van der Waals surface area contributed by atoms with Gasteiger partial charge in [0.1, 0.15) is 0 Å². The number of alkyl halides is 1. The van der Waals surface area contributed by atoms with Crippen LogP contribution in [0.15, 0.2) is 24.3 Å². The van der Waals surface area contributed by atoms with Gasteiger partial charge in [-0.1, -0.05) is 25.0 Å². The van der Waals surface area contributed by atoms with Crippen LogP contribution in [0, 0.1) is 0 Å². The highest BCUT2D eigenvalue weighted by molar-refractivity contribution is 6.17. The van der Waals surface area contributed by atoms with Crippen LogP contribution in [0.1, 0.15) is 48.5 Å². The number of nitrogens with one attached hydrogen (secondary N) is 1. The molecule has 2 rings (SSSR count). The van der Waals surface area contributed by atoms with E-state index in [1.807, 2.05) is 24.3 Å². The molecule has 1 amide bonds. The summed E-state index contributed by atoms with van der Waals surface area (Å²) < 4.78 is 0. The van der Waals surface area contributed by atoms with E-state index in [1.54, 1.807) is 0 Å². The lowest BCUT2D eigenvalue weighted by Gasteiger charge is -2.25. The van der Waals surface area contributed by atoms with Gasteiger partial charge >= 0.3 is 0 Å². The molecule has 1 N–H and O–H groups in total. The summed E-state index contributed by atoms with van der Waals surface area (Å²) in [6, 6.07) is 7.51. The van der Waals surface area contributed by atoms with Crippen molar-refractivity contribution in [3.63, 3.8) is 0 Å². The minimum absolute atomic E-state index is 0.0152. The third kappa shape index (κ3) is 3.01. The summed E-state index contributed by atoms with van der Waals surface area (Å²) in [5, 5.41) is 3.14. The molecule has 1 saturated carbocycles. The second-order valence-corrected chi connectivity index (χ2v) is 5.32. The van der Waals surface area contributed by atoms with Crippen LogP contribution in [0.5, 0.6) is 0 Å². The summed E-state index contributed by atoms with van der Waals surface area (Å²) >= 11 is 5.77. The van der Waals surface area contributed by atoms with Crippen LogP contribution in [0.25, 0.3) is 0 Å². The van der Waals surface area contributed by atoms with Crippen LogP contribution in [0.4, 0.5) is 0 Å². The number of carbonyl (C=O) groups is 1. The number of carbonyl (C=O) groups excluding carboxylic acids is 1. The molecule has 0 bridgehead atoms. The van der Waals surface area contributed by atoms with Gasteiger partial charge in [-0.25, -0.2) is 0 Å². The fourth-order valence-electron chi connectivity index (χ4n) is 2.42. The Bertz CT molecular complexity index is 410. The van der Waals surface area contributed by atoms with Crippen molar-refractivity contribution in [1.82, 2.24) is 5.32 Å². The first kappa shape index (κ1) is 12.4. The number of hydrogen-bond acceptors (Lipinski definition) is 1. The molecule has 1 aliphatic rings. The second kappa shape index (κ2) is 5.09. The standard InChI is InChI=1S/C14H18ClNO/c1-14(7-2-3-8-14)16-13(17)12-6-4-5-11(9-12)10-15/h4-6,9H,2-3,7-8,10H2,1H3,(H,16,17). The van der Waals surface area contributed by atoms with Crippen molar-refractivity contribution in [1.29, 1.82) is 0 Å². The molecule has 2 nitrogen and oxygen atoms in total. The van der Waals surface area contributed by atoms with Gasteiger partial charge in [-0.05, 0) is 37.5 Å². The molecule has 0 saturated heterocycles. The van der Waals surface area contributed by atoms with Crippen molar-refractivity contribution >= 4 is 17.5 Å². The van der Waals surface area contributed by atoms with Crippen molar-refractivity contribution in [2.45, 2.75) is 44.0 Å². The molecule has 0 aliphatic heterocycles. The lowest BCUT2D eigenvalue weighted by Crippen LogP contribution is -2.43. The second-order valence-electron chi connectivity index (χ2n) is 5.06. The van der Waals surface area contributed by atoms with E-state index >= 15 is 0 Å². The summed E-state index contributed by atoms with van der Waals surface area (Å²) in [5.41, 5.74) is 1.67. The Hall–Kier alpha value is -1.02. The average Bonchev–Trinajstić information content (AvgIpc) is 2.76. The average molecular weight is 252 g/mol. The molecule has 0 unspecified atom stereocenters. The van der Waals surface area contributed by atoms with Gasteiger partial charge in [0.25, 0.3) is 5.91 Å². The van der Waals surface area contributed by atoms with Crippen LogP contribution in [0.3, 0.4) is 0 Å². The van der Waals surface area contributed by atoms with E-state index in [2.05, 4.69) is 12.2 Å².